The van der Waals surface area contributed by atoms with Gasteiger partial charge in [0.25, 0.3) is 5.91 Å². The number of rotatable bonds is 5. The van der Waals surface area contributed by atoms with Crippen LogP contribution in [0.15, 0.2) is 30.0 Å². The molecular formula is C19H25NO3. The van der Waals surface area contributed by atoms with E-state index in [-0.39, 0.29) is 5.57 Å². The largest absolute Gasteiger partial charge is 0.515 e. The van der Waals surface area contributed by atoms with Gasteiger partial charge in [-0.15, -0.1) is 0 Å². The molecule has 0 saturated heterocycles. The SMILES string of the molecule is C/C(=C/O)C(=O)C(=O)Nc1ccc(CC2CCCCC2)cc1C. The topological polar surface area (TPSA) is 66.4 Å². The number of carbonyl (C=O) groups excluding carboxylic acids is 2. The summed E-state index contributed by atoms with van der Waals surface area (Å²) in [6.45, 7) is 3.33. The minimum atomic E-state index is -0.726. The molecule has 1 fully saturated rings. The molecule has 0 bridgehead atoms. The zero-order valence-electron chi connectivity index (χ0n) is 13.9. The Kier molecular flexibility index (Phi) is 5.97. The van der Waals surface area contributed by atoms with Crippen molar-refractivity contribution in [2.75, 3.05) is 5.32 Å². The third-order valence-corrected chi connectivity index (χ3v) is 4.55. The van der Waals surface area contributed by atoms with Gasteiger partial charge in [0.2, 0.25) is 5.78 Å². The summed E-state index contributed by atoms with van der Waals surface area (Å²) in [4.78, 5) is 23.5. The smallest absolute Gasteiger partial charge is 0.296 e. The molecule has 2 rings (SSSR count). The Morgan fingerprint density at radius 1 is 1.26 bits per heavy atom. The average molecular weight is 315 g/mol. The number of carbonyl (C=O) groups is 2. The Bertz CT molecular complexity index is 613. The molecule has 1 aromatic rings. The third-order valence-electron chi connectivity index (χ3n) is 4.55. The molecule has 4 nitrogen and oxygen atoms in total. The van der Waals surface area contributed by atoms with Crippen LogP contribution in [0.25, 0.3) is 0 Å². The van der Waals surface area contributed by atoms with Gasteiger partial charge in [-0.05, 0) is 43.4 Å². The zero-order chi connectivity index (χ0) is 16.8. The number of aliphatic hydroxyl groups excluding tert-OH is 1. The highest BCUT2D eigenvalue weighted by Gasteiger charge is 2.18. The molecule has 2 N–H and O–H groups in total. The molecule has 0 aliphatic heterocycles. The first kappa shape index (κ1) is 17.3. The Hall–Kier alpha value is -2.10. The maximum Gasteiger partial charge on any atom is 0.296 e. The van der Waals surface area contributed by atoms with Gasteiger partial charge in [-0.25, -0.2) is 0 Å². The van der Waals surface area contributed by atoms with E-state index in [1.807, 2.05) is 19.1 Å². The lowest BCUT2D eigenvalue weighted by molar-refractivity contribution is -0.132. The minimum Gasteiger partial charge on any atom is -0.515 e. The van der Waals surface area contributed by atoms with Crippen molar-refractivity contribution in [3.8, 4) is 0 Å². The number of hydrogen-bond donors (Lipinski definition) is 2. The molecule has 1 aromatic carbocycles. The predicted molar refractivity (Wildman–Crippen MR) is 91.5 cm³/mol. The second kappa shape index (κ2) is 7.95. The van der Waals surface area contributed by atoms with Crippen LogP contribution < -0.4 is 5.32 Å². The van der Waals surface area contributed by atoms with Crippen molar-refractivity contribution >= 4 is 17.4 Å². The third kappa shape index (κ3) is 4.68. The zero-order valence-corrected chi connectivity index (χ0v) is 13.9. The van der Waals surface area contributed by atoms with Gasteiger partial charge in [-0.1, -0.05) is 44.2 Å². The summed E-state index contributed by atoms with van der Waals surface area (Å²) in [6, 6.07) is 5.97. The van der Waals surface area contributed by atoms with Crippen molar-refractivity contribution < 1.29 is 14.7 Å². The number of ketones is 1. The number of nitrogens with one attached hydrogen (secondary N) is 1. The minimum absolute atomic E-state index is 0.0223. The highest BCUT2D eigenvalue weighted by molar-refractivity contribution is 6.46. The van der Waals surface area contributed by atoms with E-state index < -0.39 is 11.7 Å². The van der Waals surface area contributed by atoms with Crippen molar-refractivity contribution in [3.63, 3.8) is 0 Å². The second-order valence-corrected chi connectivity index (χ2v) is 6.45. The lowest BCUT2D eigenvalue weighted by atomic mass is 9.84. The van der Waals surface area contributed by atoms with Crippen LogP contribution in [0, 0.1) is 12.8 Å². The standard InChI is InChI=1S/C19H25NO3/c1-13-10-16(11-15-6-4-3-5-7-15)8-9-17(13)20-19(23)18(22)14(2)12-21/h8-10,12,15,21H,3-7,11H2,1-2H3,(H,20,23)/b14-12-. The summed E-state index contributed by atoms with van der Waals surface area (Å²) in [5.41, 5.74) is 2.89. The fourth-order valence-electron chi connectivity index (χ4n) is 3.13. The van der Waals surface area contributed by atoms with Crippen LogP contribution in [0.4, 0.5) is 5.69 Å². The van der Waals surface area contributed by atoms with Crippen molar-refractivity contribution in [1.29, 1.82) is 0 Å². The summed E-state index contributed by atoms with van der Waals surface area (Å²) in [6.07, 6.45) is 8.37. The maximum absolute atomic E-state index is 11.9. The normalized spacial score (nSPS) is 16.2. The van der Waals surface area contributed by atoms with E-state index in [9.17, 15) is 9.59 Å². The number of benzene rings is 1. The Morgan fingerprint density at radius 3 is 2.57 bits per heavy atom. The predicted octanol–water partition coefficient (Wildman–Crippen LogP) is 4.09. The van der Waals surface area contributed by atoms with Gasteiger partial charge in [0.15, 0.2) is 0 Å². The van der Waals surface area contributed by atoms with E-state index in [4.69, 9.17) is 5.11 Å². The molecule has 23 heavy (non-hydrogen) atoms. The van der Waals surface area contributed by atoms with Crippen LogP contribution >= 0.6 is 0 Å². The first-order valence-corrected chi connectivity index (χ1v) is 8.27. The number of Topliss-reactive ketones (excluding diaryl/α,β-unsaturated/α-hetero) is 1. The summed E-state index contributed by atoms with van der Waals surface area (Å²) in [5.74, 6) is -0.684. The molecular weight excluding hydrogens is 290 g/mol. The van der Waals surface area contributed by atoms with E-state index in [0.717, 1.165) is 17.9 Å². The molecule has 0 heterocycles. The van der Waals surface area contributed by atoms with E-state index in [0.29, 0.717) is 11.9 Å². The van der Waals surface area contributed by atoms with Gasteiger partial charge >= 0.3 is 0 Å². The van der Waals surface area contributed by atoms with Crippen LogP contribution in [0.2, 0.25) is 0 Å². The van der Waals surface area contributed by atoms with Gasteiger partial charge < -0.3 is 10.4 Å². The summed E-state index contributed by atoms with van der Waals surface area (Å²) in [7, 11) is 0. The van der Waals surface area contributed by atoms with E-state index in [1.54, 1.807) is 0 Å². The Balaban J connectivity index is 2.01. The number of aliphatic hydroxyl groups is 1. The Labute approximate surface area is 137 Å². The first-order chi connectivity index (χ1) is 11.0. The maximum atomic E-state index is 11.9. The van der Waals surface area contributed by atoms with Crippen LogP contribution in [0.1, 0.15) is 50.2 Å². The van der Waals surface area contributed by atoms with Crippen LogP contribution in [0.5, 0.6) is 0 Å². The van der Waals surface area contributed by atoms with Gasteiger partial charge in [-0.3, -0.25) is 9.59 Å². The van der Waals surface area contributed by atoms with Crippen molar-refractivity contribution in [3.05, 3.63) is 41.2 Å². The number of aryl methyl sites for hydroxylation is 1. The lowest BCUT2D eigenvalue weighted by Crippen LogP contribution is -2.24. The highest BCUT2D eigenvalue weighted by atomic mass is 16.2. The van der Waals surface area contributed by atoms with Crippen molar-refractivity contribution in [1.82, 2.24) is 0 Å². The second-order valence-electron chi connectivity index (χ2n) is 6.45. The molecule has 1 amide bonds. The van der Waals surface area contributed by atoms with Gasteiger partial charge in [0.1, 0.15) is 0 Å². The number of amides is 1. The molecule has 0 spiro atoms. The van der Waals surface area contributed by atoms with E-state index in [1.165, 1.54) is 44.6 Å². The molecule has 0 unspecified atom stereocenters. The monoisotopic (exact) mass is 315 g/mol. The number of anilines is 1. The Morgan fingerprint density at radius 2 is 1.96 bits per heavy atom. The number of hydrogen-bond acceptors (Lipinski definition) is 3. The van der Waals surface area contributed by atoms with E-state index in [2.05, 4.69) is 11.4 Å². The summed E-state index contributed by atoms with van der Waals surface area (Å²) >= 11 is 0. The van der Waals surface area contributed by atoms with Crippen molar-refractivity contribution in [2.24, 2.45) is 5.92 Å². The molecule has 0 atom stereocenters. The fourth-order valence-corrected chi connectivity index (χ4v) is 3.13. The van der Waals surface area contributed by atoms with Gasteiger partial charge in [0.05, 0.1) is 6.26 Å². The molecule has 1 aliphatic carbocycles. The van der Waals surface area contributed by atoms with Crippen LogP contribution in [-0.2, 0) is 16.0 Å². The quantitative estimate of drug-likeness (QED) is 0.488. The van der Waals surface area contributed by atoms with Crippen LogP contribution in [0.3, 0.4) is 0 Å². The molecule has 1 aliphatic rings. The molecule has 4 heteroatoms. The average Bonchev–Trinajstić information content (AvgIpc) is 2.56. The van der Waals surface area contributed by atoms with Crippen molar-refractivity contribution in [2.45, 2.75) is 52.4 Å². The molecule has 124 valence electrons. The van der Waals surface area contributed by atoms with E-state index >= 15 is 0 Å². The first-order valence-electron chi connectivity index (χ1n) is 8.27. The van der Waals surface area contributed by atoms with Crippen LogP contribution in [-0.4, -0.2) is 16.8 Å². The summed E-state index contributed by atoms with van der Waals surface area (Å²) in [5, 5.41) is 11.4. The highest BCUT2D eigenvalue weighted by Crippen LogP contribution is 2.28. The summed E-state index contributed by atoms with van der Waals surface area (Å²) < 4.78 is 0. The fraction of sp³-hybridized carbons (Fsp3) is 0.474. The lowest BCUT2D eigenvalue weighted by Gasteiger charge is -2.22. The molecule has 0 aromatic heterocycles. The van der Waals surface area contributed by atoms with Gasteiger partial charge in [-0.2, -0.15) is 0 Å². The molecule has 1 saturated carbocycles. The van der Waals surface area contributed by atoms with Gasteiger partial charge in [0, 0.05) is 11.3 Å². The molecule has 0 radical (unpaired) electrons.